The minimum Gasteiger partial charge on any atom is -0.465 e. The fourth-order valence-corrected chi connectivity index (χ4v) is 3.48. The number of esters is 3. The van der Waals surface area contributed by atoms with Gasteiger partial charge in [-0.2, -0.15) is 0 Å². The van der Waals surface area contributed by atoms with Gasteiger partial charge >= 0.3 is 17.9 Å². The van der Waals surface area contributed by atoms with Crippen LogP contribution in [0.2, 0.25) is 0 Å². The summed E-state index contributed by atoms with van der Waals surface area (Å²) in [5.41, 5.74) is 2.44. The second kappa shape index (κ2) is 27.7. The summed E-state index contributed by atoms with van der Waals surface area (Å²) >= 11 is 0. The summed E-state index contributed by atoms with van der Waals surface area (Å²) in [4.78, 5) is 35.5. The van der Waals surface area contributed by atoms with E-state index in [9.17, 15) is 14.4 Å². The molecule has 0 aliphatic carbocycles. The highest BCUT2D eigenvalue weighted by Gasteiger charge is 2.18. The molecule has 240 valence electrons. The summed E-state index contributed by atoms with van der Waals surface area (Å²) in [5.74, 6) is 4.70. The molecule has 0 heterocycles. The van der Waals surface area contributed by atoms with Crippen molar-refractivity contribution in [2.75, 3.05) is 6.61 Å². The van der Waals surface area contributed by atoms with Gasteiger partial charge in [0.15, 0.2) is 0 Å². The average molecular weight is 605 g/mol. The molecule has 0 aliphatic rings. The summed E-state index contributed by atoms with van der Waals surface area (Å²) in [6.45, 7) is 10.6. The predicted octanol–water partition coefficient (Wildman–Crippen LogP) is 9.14. The Morgan fingerprint density at radius 3 is 1.82 bits per heavy atom. The van der Waals surface area contributed by atoms with Crippen molar-refractivity contribution in [3.05, 3.63) is 95.9 Å². The number of carbonyl (C=O) groups excluding carboxylic acids is 3. The third-order valence-electron chi connectivity index (χ3n) is 5.69. The van der Waals surface area contributed by atoms with Crippen molar-refractivity contribution in [1.29, 1.82) is 0 Å². The van der Waals surface area contributed by atoms with Crippen LogP contribution in [0, 0.1) is 11.8 Å². The van der Waals surface area contributed by atoms with Crippen LogP contribution in [0.3, 0.4) is 0 Å². The summed E-state index contributed by atoms with van der Waals surface area (Å²) in [6, 6.07) is 0. The average Bonchev–Trinajstić information content (AvgIpc) is 2.96. The SMILES string of the molecule is CCC=CCC=CCC=CCC=CCC=CCCC(=O)OCCC(=COC(C)=O)C(CC=C(C)C#CC=C(C)C)OC(C)=O. The minimum atomic E-state index is -0.688. The zero-order valence-corrected chi connectivity index (χ0v) is 27.6. The lowest BCUT2D eigenvalue weighted by molar-refractivity contribution is -0.146. The maximum Gasteiger partial charge on any atom is 0.307 e. The predicted molar refractivity (Wildman–Crippen MR) is 180 cm³/mol. The molecule has 0 saturated carbocycles. The molecule has 0 radical (unpaired) electrons. The second-order valence-corrected chi connectivity index (χ2v) is 10.2. The zero-order valence-electron chi connectivity index (χ0n) is 27.6. The molecule has 0 N–H and O–H groups in total. The molecule has 0 fully saturated rings. The maximum atomic E-state index is 12.2. The van der Waals surface area contributed by atoms with Crippen molar-refractivity contribution in [1.82, 2.24) is 0 Å². The van der Waals surface area contributed by atoms with Gasteiger partial charge < -0.3 is 14.2 Å². The standard InChI is InChI=1S/C38H52O6/c1-7-8-9-10-11-12-13-14-15-16-17-18-19-20-21-22-26-38(41)42-30-29-36(31-43-34(5)39)37(44-35(6)40)28-27-33(4)25-23-24-32(2)3/h8-9,11-12,14-15,17-18,20-21,24,27,31,37H,7,10,13,16,19,22,26,28-30H2,1-6H3. The highest BCUT2D eigenvalue weighted by Crippen LogP contribution is 2.18. The van der Waals surface area contributed by atoms with Gasteiger partial charge in [-0.25, -0.2) is 0 Å². The van der Waals surface area contributed by atoms with Crippen LogP contribution in [0.4, 0.5) is 0 Å². The van der Waals surface area contributed by atoms with Crippen molar-refractivity contribution in [3.63, 3.8) is 0 Å². The summed E-state index contributed by atoms with van der Waals surface area (Å²) < 4.78 is 16.0. The number of hydrogen-bond donors (Lipinski definition) is 0. The third kappa shape index (κ3) is 26.8. The van der Waals surface area contributed by atoms with Crippen LogP contribution in [-0.4, -0.2) is 30.6 Å². The minimum absolute atomic E-state index is 0.0679. The van der Waals surface area contributed by atoms with Gasteiger partial charge in [0.05, 0.1) is 12.9 Å². The van der Waals surface area contributed by atoms with E-state index in [0.29, 0.717) is 18.4 Å². The van der Waals surface area contributed by atoms with Crippen LogP contribution in [0.15, 0.2) is 95.9 Å². The Balaban J connectivity index is 4.68. The van der Waals surface area contributed by atoms with Gasteiger partial charge in [0.25, 0.3) is 0 Å². The van der Waals surface area contributed by atoms with E-state index in [1.165, 1.54) is 20.1 Å². The topological polar surface area (TPSA) is 78.9 Å². The number of allylic oxidation sites excluding steroid dienone is 13. The molecule has 0 rings (SSSR count). The molecule has 0 amide bonds. The van der Waals surface area contributed by atoms with Gasteiger partial charge in [-0.15, -0.1) is 0 Å². The molecule has 0 bridgehead atoms. The molecule has 0 aromatic heterocycles. The van der Waals surface area contributed by atoms with Crippen LogP contribution < -0.4 is 0 Å². The van der Waals surface area contributed by atoms with E-state index >= 15 is 0 Å². The van der Waals surface area contributed by atoms with E-state index in [-0.39, 0.29) is 25.4 Å². The fraction of sp³-hybridized carbons (Fsp3) is 0.447. The van der Waals surface area contributed by atoms with E-state index in [1.807, 2.05) is 45.1 Å². The van der Waals surface area contributed by atoms with E-state index < -0.39 is 18.0 Å². The molecule has 1 atom stereocenters. The number of rotatable bonds is 20. The van der Waals surface area contributed by atoms with Crippen LogP contribution in [0.5, 0.6) is 0 Å². The van der Waals surface area contributed by atoms with Crippen molar-refractivity contribution in [3.8, 4) is 11.8 Å². The molecule has 0 saturated heterocycles. The highest BCUT2D eigenvalue weighted by molar-refractivity contribution is 5.69. The van der Waals surface area contributed by atoms with Crippen molar-refractivity contribution in [2.24, 2.45) is 0 Å². The van der Waals surface area contributed by atoms with Gasteiger partial charge in [0.2, 0.25) is 0 Å². The first-order valence-electron chi connectivity index (χ1n) is 15.4. The molecule has 44 heavy (non-hydrogen) atoms. The molecule has 6 nitrogen and oxygen atoms in total. The monoisotopic (exact) mass is 604 g/mol. The summed E-state index contributed by atoms with van der Waals surface area (Å²) in [6.07, 6.45) is 31.7. The smallest absolute Gasteiger partial charge is 0.307 e. The van der Waals surface area contributed by atoms with E-state index in [2.05, 4.69) is 67.4 Å². The Hall–Kier alpha value is -4.11. The normalized spacial score (nSPS) is 13.0. The third-order valence-corrected chi connectivity index (χ3v) is 5.69. The number of ether oxygens (including phenoxy) is 3. The molecular formula is C38H52O6. The van der Waals surface area contributed by atoms with Crippen LogP contribution in [-0.2, 0) is 28.6 Å². The number of hydrogen-bond acceptors (Lipinski definition) is 6. The first-order chi connectivity index (χ1) is 21.1. The quantitative estimate of drug-likeness (QED) is 0.0453. The van der Waals surface area contributed by atoms with Crippen LogP contribution >= 0.6 is 0 Å². The summed E-state index contributed by atoms with van der Waals surface area (Å²) in [7, 11) is 0. The van der Waals surface area contributed by atoms with Crippen LogP contribution in [0.25, 0.3) is 0 Å². The molecule has 1 unspecified atom stereocenters. The maximum absolute atomic E-state index is 12.2. The Morgan fingerprint density at radius 2 is 1.30 bits per heavy atom. The zero-order chi connectivity index (χ0) is 32.8. The first-order valence-corrected chi connectivity index (χ1v) is 15.4. The van der Waals surface area contributed by atoms with E-state index in [4.69, 9.17) is 14.2 Å². The molecule has 6 heteroatoms. The van der Waals surface area contributed by atoms with Gasteiger partial charge in [-0.05, 0) is 70.9 Å². The van der Waals surface area contributed by atoms with Crippen LogP contribution in [0.1, 0.15) is 99.3 Å². The van der Waals surface area contributed by atoms with Crippen molar-refractivity contribution < 1.29 is 28.6 Å². The Bertz CT molecular complexity index is 1160. The Labute approximate surface area is 266 Å². The van der Waals surface area contributed by atoms with Gasteiger partial charge in [-0.3, -0.25) is 14.4 Å². The van der Waals surface area contributed by atoms with Gasteiger partial charge in [0, 0.05) is 38.7 Å². The fourth-order valence-electron chi connectivity index (χ4n) is 3.48. The van der Waals surface area contributed by atoms with E-state index in [0.717, 1.165) is 43.3 Å². The molecule has 0 spiro atoms. The lowest BCUT2D eigenvalue weighted by Gasteiger charge is -2.19. The van der Waals surface area contributed by atoms with Gasteiger partial charge in [0.1, 0.15) is 6.10 Å². The second-order valence-electron chi connectivity index (χ2n) is 10.2. The largest absolute Gasteiger partial charge is 0.465 e. The molecule has 0 aromatic carbocycles. The Morgan fingerprint density at radius 1 is 0.727 bits per heavy atom. The highest BCUT2D eigenvalue weighted by atomic mass is 16.6. The first kappa shape index (κ1) is 39.9. The van der Waals surface area contributed by atoms with Gasteiger partial charge in [-0.1, -0.05) is 91.2 Å². The summed E-state index contributed by atoms with van der Waals surface area (Å²) in [5, 5.41) is 0. The number of carbonyl (C=O) groups is 3. The van der Waals surface area contributed by atoms with E-state index in [1.54, 1.807) is 0 Å². The van der Waals surface area contributed by atoms with Crippen molar-refractivity contribution >= 4 is 17.9 Å². The van der Waals surface area contributed by atoms with Crippen molar-refractivity contribution in [2.45, 2.75) is 105 Å². The molecule has 0 aliphatic heterocycles. The molecular weight excluding hydrogens is 552 g/mol. The lowest BCUT2D eigenvalue weighted by Crippen LogP contribution is -2.20. The lowest BCUT2D eigenvalue weighted by atomic mass is 10.0. The molecule has 0 aromatic rings. The Kier molecular flexibility index (Phi) is 25.1.